The fourth-order valence-corrected chi connectivity index (χ4v) is 2.07. The SMILES string of the molecule is CCc1ccc(NC(=S)Nc2ccc(C(N)=O)cc2)cc1. The van der Waals surface area contributed by atoms with Crippen molar-refractivity contribution in [1.29, 1.82) is 0 Å². The minimum absolute atomic E-state index is 0.446. The zero-order valence-corrected chi connectivity index (χ0v) is 12.5. The normalized spacial score (nSPS) is 9.95. The highest BCUT2D eigenvalue weighted by atomic mass is 32.1. The molecule has 5 heteroatoms. The number of primary amides is 1. The van der Waals surface area contributed by atoms with Crippen LogP contribution in [0.25, 0.3) is 0 Å². The first-order valence-electron chi connectivity index (χ1n) is 6.65. The van der Waals surface area contributed by atoms with Gasteiger partial charge in [0.05, 0.1) is 0 Å². The minimum atomic E-state index is -0.446. The predicted molar refractivity (Wildman–Crippen MR) is 90.6 cm³/mol. The first-order valence-corrected chi connectivity index (χ1v) is 7.06. The molecule has 0 heterocycles. The number of hydrogen-bond donors (Lipinski definition) is 3. The van der Waals surface area contributed by atoms with Gasteiger partial charge in [-0.3, -0.25) is 4.79 Å². The fourth-order valence-electron chi connectivity index (χ4n) is 1.84. The molecule has 2 aromatic carbocycles. The van der Waals surface area contributed by atoms with E-state index in [1.54, 1.807) is 24.3 Å². The van der Waals surface area contributed by atoms with E-state index in [4.69, 9.17) is 18.0 Å². The molecule has 0 aliphatic rings. The predicted octanol–water partition coefficient (Wildman–Crippen LogP) is 3.16. The highest BCUT2D eigenvalue weighted by molar-refractivity contribution is 7.80. The van der Waals surface area contributed by atoms with Gasteiger partial charge in [0.1, 0.15) is 0 Å². The van der Waals surface area contributed by atoms with Crippen molar-refractivity contribution >= 4 is 34.6 Å². The van der Waals surface area contributed by atoms with E-state index < -0.39 is 5.91 Å². The highest BCUT2D eigenvalue weighted by Crippen LogP contribution is 2.12. The van der Waals surface area contributed by atoms with Crippen molar-refractivity contribution in [3.05, 3.63) is 59.7 Å². The van der Waals surface area contributed by atoms with Crippen LogP contribution in [-0.4, -0.2) is 11.0 Å². The summed E-state index contributed by atoms with van der Waals surface area (Å²) >= 11 is 5.25. The number of thiocarbonyl (C=S) groups is 1. The summed E-state index contributed by atoms with van der Waals surface area (Å²) in [5.74, 6) is -0.446. The number of hydrogen-bond acceptors (Lipinski definition) is 2. The molecule has 0 spiro atoms. The summed E-state index contributed by atoms with van der Waals surface area (Å²) in [5, 5.41) is 6.65. The second-order valence-electron chi connectivity index (χ2n) is 4.57. The molecule has 4 N–H and O–H groups in total. The van der Waals surface area contributed by atoms with Crippen LogP contribution in [0.4, 0.5) is 11.4 Å². The van der Waals surface area contributed by atoms with E-state index in [2.05, 4.69) is 29.7 Å². The number of anilines is 2. The number of nitrogens with two attached hydrogens (primary N) is 1. The third-order valence-corrected chi connectivity index (χ3v) is 3.25. The quantitative estimate of drug-likeness (QED) is 0.759. The maximum atomic E-state index is 11.0. The Labute approximate surface area is 129 Å². The zero-order chi connectivity index (χ0) is 15.2. The second-order valence-corrected chi connectivity index (χ2v) is 4.98. The Balaban J connectivity index is 1.95. The van der Waals surface area contributed by atoms with Crippen LogP contribution in [0.5, 0.6) is 0 Å². The molecule has 2 aromatic rings. The molecule has 0 radical (unpaired) electrons. The number of carbonyl (C=O) groups excluding carboxylic acids is 1. The summed E-state index contributed by atoms with van der Waals surface area (Å²) < 4.78 is 0. The third kappa shape index (κ3) is 4.29. The molecule has 4 nitrogen and oxygen atoms in total. The van der Waals surface area contributed by atoms with Crippen molar-refractivity contribution in [3.63, 3.8) is 0 Å². The van der Waals surface area contributed by atoms with Gasteiger partial charge in [-0.1, -0.05) is 19.1 Å². The Kier molecular flexibility index (Phi) is 4.90. The number of rotatable bonds is 4. The molecular weight excluding hydrogens is 282 g/mol. The molecular formula is C16H17N3OS. The van der Waals surface area contributed by atoms with Gasteiger partial charge in [0.25, 0.3) is 0 Å². The summed E-state index contributed by atoms with van der Waals surface area (Å²) in [7, 11) is 0. The van der Waals surface area contributed by atoms with E-state index in [0.29, 0.717) is 10.7 Å². The van der Waals surface area contributed by atoms with Crippen LogP contribution in [0.15, 0.2) is 48.5 Å². The summed E-state index contributed by atoms with van der Waals surface area (Å²) in [4.78, 5) is 11.0. The molecule has 0 aliphatic carbocycles. The summed E-state index contributed by atoms with van der Waals surface area (Å²) in [6.07, 6.45) is 1.01. The van der Waals surface area contributed by atoms with Gasteiger partial charge in [0, 0.05) is 16.9 Å². The maximum Gasteiger partial charge on any atom is 0.248 e. The van der Waals surface area contributed by atoms with Crippen LogP contribution in [0.2, 0.25) is 0 Å². The Bertz CT molecular complexity index is 636. The molecule has 0 aliphatic heterocycles. The van der Waals surface area contributed by atoms with Gasteiger partial charge in [0.2, 0.25) is 5.91 Å². The van der Waals surface area contributed by atoms with Crippen LogP contribution < -0.4 is 16.4 Å². The van der Waals surface area contributed by atoms with Crippen molar-refractivity contribution in [1.82, 2.24) is 0 Å². The van der Waals surface area contributed by atoms with Gasteiger partial charge < -0.3 is 16.4 Å². The van der Waals surface area contributed by atoms with Crippen LogP contribution >= 0.6 is 12.2 Å². The van der Waals surface area contributed by atoms with Gasteiger partial charge in [-0.25, -0.2) is 0 Å². The maximum absolute atomic E-state index is 11.0. The van der Waals surface area contributed by atoms with Gasteiger partial charge in [-0.15, -0.1) is 0 Å². The third-order valence-electron chi connectivity index (χ3n) is 3.05. The molecule has 0 unspecified atom stereocenters. The highest BCUT2D eigenvalue weighted by Gasteiger charge is 2.02. The first-order chi connectivity index (χ1) is 10.1. The van der Waals surface area contributed by atoms with Crippen molar-refractivity contribution in [3.8, 4) is 0 Å². The van der Waals surface area contributed by atoms with Gasteiger partial charge in [-0.05, 0) is 60.6 Å². The lowest BCUT2D eigenvalue weighted by Gasteiger charge is -2.11. The van der Waals surface area contributed by atoms with E-state index in [0.717, 1.165) is 17.8 Å². The van der Waals surface area contributed by atoms with E-state index >= 15 is 0 Å². The smallest absolute Gasteiger partial charge is 0.248 e. The molecule has 2 rings (SSSR count). The molecule has 0 aromatic heterocycles. The van der Waals surface area contributed by atoms with E-state index in [1.165, 1.54) is 5.56 Å². The summed E-state index contributed by atoms with van der Waals surface area (Å²) in [5.41, 5.74) is 8.66. The molecule has 0 atom stereocenters. The Morgan fingerprint density at radius 1 is 1.00 bits per heavy atom. The minimum Gasteiger partial charge on any atom is -0.366 e. The molecule has 0 saturated heterocycles. The van der Waals surface area contributed by atoms with E-state index in [9.17, 15) is 4.79 Å². The van der Waals surface area contributed by atoms with Crippen LogP contribution in [0.3, 0.4) is 0 Å². The molecule has 0 bridgehead atoms. The lowest BCUT2D eigenvalue weighted by Crippen LogP contribution is -2.19. The van der Waals surface area contributed by atoms with Gasteiger partial charge >= 0.3 is 0 Å². The summed E-state index contributed by atoms with van der Waals surface area (Å²) in [6.45, 7) is 2.12. The molecule has 0 saturated carbocycles. The van der Waals surface area contributed by atoms with Crippen LogP contribution in [-0.2, 0) is 6.42 Å². The number of aryl methyl sites for hydroxylation is 1. The van der Waals surface area contributed by atoms with E-state index in [-0.39, 0.29) is 0 Å². The largest absolute Gasteiger partial charge is 0.366 e. The monoisotopic (exact) mass is 299 g/mol. The fraction of sp³-hybridized carbons (Fsp3) is 0.125. The number of benzene rings is 2. The Hall–Kier alpha value is -2.40. The number of carbonyl (C=O) groups is 1. The average molecular weight is 299 g/mol. The lowest BCUT2D eigenvalue weighted by molar-refractivity contribution is 0.100. The van der Waals surface area contributed by atoms with Gasteiger partial charge in [0.15, 0.2) is 5.11 Å². The zero-order valence-electron chi connectivity index (χ0n) is 11.7. The number of amides is 1. The van der Waals surface area contributed by atoms with Crippen LogP contribution in [0, 0.1) is 0 Å². The Morgan fingerprint density at radius 3 is 1.90 bits per heavy atom. The molecule has 0 fully saturated rings. The van der Waals surface area contributed by atoms with Gasteiger partial charge in [-0.2, -0.15) is 0 Å². The molecule has 108 valence electrons. The Morgan fingerprint density at radius 2 is 1.48 bits per heavy atom. The lowest BCUT2D eigenvalue weighted by atomic mass is 10.1. The van der Waals surface area contributed by atoms with Crippen molar-refractivity contribution in [2.75, 3.05) is 10.6 Å². The standard InChI is InChI=1S/C16H17N3OS/c1-2-11-3-7-13(8-4-11)18-16(21)19-14-9-5-12(6-10-14)15(17)20/h3-10H,2H2,1H3,(H2,17,20)(H2,18,19,21). The topological polar surface area (TPSA) is 67.2 Å². The molecule has 1 amide bonds. The van der Waals surface area contributed by atoms with Crippen molar-refractivity contribution in [2.45, 2.75) is 13.3 Å². The number of nitrogens with one attached hydrogen (secondary N) is 2. The van der Waals surface area contributed by atoms with Crippen molar-refractivity contribution in [2.24, 2.45) is 5.73 Å². The second kappa shape index (κ2) is 6.85. The first kappa shape index (κ1) is 15.0. The average Bonchev–Trinajstić information content (AvgIpc) is 2.48. The van der Waals surface area contributed by atoms with Crippen LogP contribution in [0.1, 0.15) is 22.8 Å². The summed E-state index contributed by atoms with van der Waals surface area (Å²) in [6, 6.07) is 14.9. The molecule has 21 heavy (non-hydrogen) atoms. The van der Waals surface area contributed by atoms with E-state index in [1.807, 2.05) is 12.1 Å². The van der Waals surface area contributed by atoms with Crippen molar-refractivity contribution < 1.29 is 4.79 Å².